The standard InChI is InChI=1S/C15H30N2O3/c1-8-11(4)12(13(18)17(9-2)10-3)16-14(19)20-15(5,6)7/h11-12H,8-10H2,1-7H3,(H,16,19)/t11-,12-/m0/s1. The molecule has 5 nitrogen and oxygen atoms in total. The fraction of sp³-hybridized carbons (Fsp3) is 0.867. The molecule has 118 valence electrons. The summed E-state index contributed by atoms with van der Waals surface area (Å²) < 4.78 is 5.24. The van der Waals surface area contributed by atoms with E-state index in [0.717, 1.165) is 6.42 Å². The Morgan fingerprint density at radius 2 is 1.65 bits per heavy atom. The summed E-state index contributed by atoms with van der Waals surface area (Å²) in [5.41, 5.74) is -0.567. The SMILES string of the molecule is CC[C@H](C)[C@H](NC(=O)OC(C)(C)C)C(=O)N(CC)CC. The van der Waals surface area contributed by atoms with Crippen molar-refractivity contribution in [1.29, 1.82) is 0 Å². The largest absolute Gasteiger partial charge is 0.444 e. The molecule has 0 rings (SSSR count). The lowest BCUT2D eigenvalue weighted by molar-refractivity contribution is -0.134. The zero-order valence-electron chi connectivity index (χ0n) is 13.9. The Labute approximate surface area is 123 Å². The van der Waals surface area contributed by atoms with E-state index in [1.54, 1.807) is 25.7 Å². The molecule has 0 aromatic rings. The van der Waals surface area contributed by atoms with Gasteiger partial charge >= 0.3 is 6.09 Å². The topological polar surface area (TPSA) is 58.6 Å². The normalized spacial score (nSPS) is 14.3. The molecule has 0 radical (unpaired) electrons. The van der Waals surface area contributed by atoms with Crippen molar-refractivity contribution in [2.24, 2.45) is 5.92 Å². The Kier molecular flexibility index (Phi) is 7.61. The molecule has 0 heterocycles. The average molecular weight is 286 g/mol. The van der Waals surface area contributed by atoms with Gasteiger partial charge in [-0.15, -0.1) is 0 Å². The minimum atomic E-state index is -0.567. The summed E-state index contributed by atoms with van der Waals surface area (Å²) >= 11 is 0. The van der Waals surface area contributed by atoms with E-state index in [0.29, 0.717) is 13.1 Å². The molecule has 0 aromatic carbocycles. The van der Waals surface area contributed by atoms with Crippen LogP contribution in [0, 0.1) is 5.92 Å². The van der Waals surface area contributed by atoms with Gasteiger partial charge in [0.05, 0.1) is 0 Å². The summed E-state index contributed by atoms with van der Waals surface area (Å²) in [6.07, 6.45) is 0.274. The van der Waals surface area contributed by atoms with E-state index in [4.69, 9.17) is 4.74 Å². The van der Waals surface area contributed by atoms with Crippen molar-refractivity contribution in [3.8, 4) is 0 Å². The summed E-state index contributed by atoms with van der Waals surface area (Å²) in [6.45, 7) is 14.5. The minimum Gasteiger partial charge on any atom is -0.444 e. The summed E-state index contributed by atoms with van der Waals surface area (Å²) in [4.78, 5) is 26.1. The van der Waals surface area contributed by atoms with Gasteiger partial charge in [0.2, 0.25) is 5.91 Å². The van der Waals surface area contributed by atoms with Crippen LogP contribution in [-0.4, -0.2) is 41.6 Å². The second kappa shape index (κ2) is 8.12. The molecule has 20 heavy (non-hydrogen) atoms. The number of rotatable bonds is 6. The van der Waals surface area contributed by atoms with Gasteiger partial charge < -0.3 is 15.0 Å². The third kappa shape index (κ3) is 6.26. The van der Waals surface area contributed by atoms with Crippen LogP contribution in [-0.2, 0) is 9.53 Å². The van der Waals surface area contributed by atoms with E-state index >= 15 is 0 Å². The number of carbonyl (C=O) groups is 2. The van der Waals surface area contributed by atoms with Gasteiger partial charge in [0.1, 0.15) is 11.6 Å². The highest BCUT2D eigenvalue weighted by atomic mass is 16.6. The smallest absolute Gasteiger partial charge is 0.408 e. The van der Waals surface area contributed by atoms with Crippen LogP contribution in [0.25, 0.3) is 0 Å². The molecule has 5 heteroatoms. The number of alkyl carbamates (subject to hydrolysis) is 1. The zero-order chi connectivity index (χ0) is 15.9. The predicted octanol–water partition coefficient (Wildman–Crippen LogP) is 2.79. The fourth-order valence-electron chi connectivity index (χ4n) is 1.85. The Morgan fingerprint density at radius 3 is 2.00 bits per heavy atom. The van der Waals surface area contributed by atoms with Gasteiger partial charge in [-0.1, -0.05) is 20.3 Å². The van der Waals surface area contributed by atoms with Crippen molar-refractivity contribution in [3.63, 3.8) is 0 Å². The number of nitrogens with one attached hydrogen (secondary N) is 1. The first-order chi connectivity index (χ1) is 9.16. The van der Waals surface area contributed by atoms with Crippen LogP contribution in [0.1, 0.15) is 54.9 Å². The van der Waals surface area contributed by atoms with Crippen molar-refractivity contribution < 1.29 is 14.3 Å². The average Bonchev–Trinajstić information content (AvgIpc) is 2.34. The number of likely N-dealkylation sites (N-methyl/N-ethyl adjacent to an activating group) is 1. The molecule has 0 spiro atoms. The van der Waals surface area contributed by atoms with E-state index < -0.39 is 17.7 Å². The van der Waals surface area contributed by atoms with Crippen LogP contribution in [0.3, 0.4) is 0 Å². The van der Waals surface area contributed by atoms with Gasteiger partial charge in [-0.25, -0.2) is 4.79 Å². The van der Waals surface area contributed by atoms with Crippen LogP contribution in [0.2, 0.25) is 0 Å². The Hall–Kier alpha value is -1.26. The van der Waals surface area contributed by atoms with E-state index in [1.165, 1.54) is 0 Å². The van der Waals surface area contributed by atoms with Gasteiger partial charge in [0.15, 0.2) is 0 Å². The lowest BCUT2D eigenvalue weighted by atomic mass is 9.98. The first-order valence-electron chi connectivity index (χ1n) is 7.44. The maximum absolute atomic E-state index is 12.5. The number of carbonyl (C=O) groups excluding carboxylic acids is 2. The van der Waals surface area contributed by atoms with Crippen molar-refractivity contribution in [1.82, 2.24) is 10.2 Å². The second-order valence-corrected chi connectivity index (χ2v) is 6.02. The molecule has 0 unspecified atom stereocenters. The van der Waals surface area contributed by atoms with Gasteiger partial charge in [0.25, 0.3) is 0 Å². The first kappa shape index (κ1) is 18.7. The highest BCUT2D eigenvalue weighted by molar-refractivity contribution is 5.86. The molecule has 0 aromatic heterocycles. The minimum absolute atomic E-state index is 0.0461. The number of hydrogen-bond donors (Lipinski definition) is 1. The molecule has 0 aliphatic carbocycles. The lowest BCUT2D eigenvalue weighted by Gasteiger charge is -2.30. The van der Waals surface area contributed by atoms with E-state index in [1.807, 2.05) is 27.7 Å². The third-order valence-electron chi connectivity index (χ3n) is 3.23. The Balaban J connectivity index is 4.90. The summed E-state index contributed by atoms with van der Waals surface area (Å²) in [5.74, 6) is 0.0193. The molecule has 0 bridgehead atoms. The van der Waals surface area contributed by atoms with Crippen LogP contribution in [0.15, 0.2) is 0 Å². The van der Waals surface area contributed by atoms with Crippen LogP contribution < -0.4 is 5.32 Å². The van der Waals surface area contributed by atoms with Crippen molar-refractivity contribution >= 4 is 12.0 Å². The molecule has 0 aliphatic heterocycles. The number of ether oxygens (including phenoxy) is 1. The molecule has 0 saturated heterocycles. The molecular weight excluding hydrogens is 256 g/mol. The fourth-order valence-corrected chi connectivity index (χ4v) is 1.85. The van der Waals surface area contributed by atoms with Gasteiger partial charge in [-0.05, 0) is 40.5 Å². The van der Waals surface area contributed by atoms with E-state index in [9.17, 15) is 9.59 Å². The zero-order valence-corrected chi connectivity index (χ0v) is 13.9. The number of nitrogens with zero attached hydrogens (tertiary/aromatic N) is 1. The molecule has 0 saturated carbocycles. The maximum Gasteiger partial charge on any atom is 0.408 e. The molecular formula is C15H30N2O3. The number of hydrogen-bond acceptors (Lipinski definition) is 3. The highest BCUT2D eigenvalue weighted by Gasteiger charge is 2.30. The molecule has 2 atom stereocenters. The quantitative estimate of drug-likeness (QED) is 0.817. The predicted molar refractivity (Wildman–Crippen MR) is 80.5 cm³/mol. The van der Waals surface area contributed by atoms with E-state index in [-0.39, 0.29) is 11.8 Å². The van der Waals surface area contributed by atoms with Crippen LogP contribution in [0.5, 0.6) is 0 Å². The summed E-state index contributed by atoms with van der Waals surface area (Å²) in [6, 6.07) is -0.533. The second-order valence-electron chi connectivity index (χ2n) is 6.02. The van der Waals surface area contributed by atoms with Crippen LogP contribution >= 0.6 is 0 Å². The van der Waals surface area contributed by atoms with Gasteiger partial charge in [-0.2, -0.15) is 0 Å². The summed E-state index contributed by atoms with van der Waals surface area (Å²) in [5, 5.41) is 2.72. The first-order valence-corrected chi connectivity index (χ1v) is 7.44. The number of amides is 2. The monoisotopic (exact) mass is 286 g/mol. The van der Waals surface area contributed by atoms with Gasteiger partial charge in [-0.3, -0.25) is 4.79 Å². The summed E-state index contributed by atoms with van der Waals surface area (Å²) in [7, 11) is 0. The third-order valence-corrected chi connectivity index (χ3v) is 3.23. The molecule has 0 aliphatic rings. The Bertz CT molecular complexity index is 320. The van der Waals surface area contributed by atoms with E-state index in [2.05, 4.69) is 5.32 Å². The Morgan fingerprint density at radius 1 is 1.15 bits per heavy atom. The van der Waals surface area contributed by atoms with Crippen molar-refractivity contribution in [2.75, 3.05) is 13.1 Å². The van der Waals surface area contributed by atoms with Crippen molar-refractivity contribution in [2.45, 2.75) is 66.5 Å². The molecule has 0 fully saturated rings. The highest BCUT2D eigenvalue weighted by Crippen LogP contribution is 2.13. The molecule has 2 amide bonds. The van der Waals surface area contributed by atoms with Crippen molar-refractivity contribution in [3.05, 3.63) is 0 Å². The molecule has 1 N–H and O–H groups in total. The maximum atomic E-state index is 12.5. The lowest BCUT2D eigenvalue weighted by Crippen LogP contribution is -2.52. The van der Waals surface area contributed by atoms with Crippen LogP contribution in [0.4, 0.5) is 4.79 Å². The van der Waals surface area contributed by atoms with Gasteiger partial charge in [0, 0.05) is 13.1 Å².